The van der Waals surface area contributed by atoms with Crippen LogP contribution in [0.4, 0.5) is 0 Å². The summed E-state index contributed by atoms with van der Waals surface area (Å²) in [5, 5.41) is 9.63. The van der Waals surface area contributed by atoms with Gasteiger partial charge in [0, 0.05) is 16.7 Å². The molecule has 0 aliphatic carbocycles. The van der Waals surface area contributed by atoms with Crippen molar-refractivity contribution in [1.82, 2.24) is 0 Å². The van der Waals surface area contributed by atoms with E-state index in [1.165, 1.54) is 0 Å². The Kier molecular flexibility index (Phi) is 3.59. The molecule has 1 heterocycles. The summed E-state index contributed by atoms with van der Waals surface area (Å²) in [6, 6.07) is 20.8. The van der Waals surface area contributed by atoms with Crippen LogP contribution in [0.3, 0.4) is 0 Å². The van der Waals surface area contributed by atoms with Gasteiger partial charge in [0.1, 0.15) is 11.6 Å². The van der Waals surface area contributed by atoms with Gasteiger partial charge < -0.3 is 4.42 Å². The van der Waals surface area contributed by atoms with Gasteiger partial charge in [0.15, 0.2) is 5.76 Å². The first-order valence-corrected chi connectivity index (χ1v) is 6.91. The maximum atomic E-state index is 12.2. The van der Waals surface area contributed by atoms with Gasteiger partial charge in [0.2, 0.25) is 0 Å². The van der Waals surface area contributed by atoms with Gasteiger partial charge in [-0.1, -0.05) is 60.7 Å². The van der Waals surface area contributed by atoms with Gasteiger partial charge in [0.25, 0.3) is 0 Å². The molecule has 2 aromatic carbocycles. The maximum Gasteiger partial charge on any atom is 0.339 e. The van der Waals surface area contributed by atoms with Gasteiger partial charge in [-0.3, -0.25) is 0 Å². The number of nitrogens with zero attached hydrogens (tertiary/aromatic N) is 1. The van der Waals surface area contributed by atoms with Crippen molar-refractivity contribution in [3.63, 3.8) is 0 Å². The monoisotopic (exact) mass is 287 g/mol. The normalized spacial score (nSPS) is 10.2. The zero-order chi connectivity index (χ0) is 15.5. The number of hydrogen-bond acceptors (Lipinski definition) is 3. The minimum absolute atomic E-state index is 0.317. The van der Waals surface area contributed by atoms with Crippen molar-refractivity contribution in [3.05, 3.63) is 82.2 Å². The van der Waals surface area contributed by atoms with Crippen LogP contribution >= 0.6 is 0 Å². The topological polar surface area (TPSA) is 54.0 Å². The molecule has 0 unspecified atom stereocenters. The molecule has 0 spiro atoms. The fourth-order valence-electron chi connectivity index (χ4n) is 2.49. The zero-order valence-electron chi connectivity index (χ0n) is 12.0. The fraction of sp³-hybridized carbons (Fsp3) is 0.0526. The van der Waals surface area contributed by atoms with E-state index in [1.54, 1.807) is 6.92 Å². The Hall–Kier alpha value is -3.12. The number of benzene rings is 2. The molecule has 0 saturated carbocycles. The van der Waals surface area contributed by atoms with Crippen molar-refractivity contribution < 1.29 is 4.42 Å². The van der Waals surface area contributed by atoms with E-state index < -0.39 is 5.63 Å². The molecule has 0 atom stereocenters. The zero-order valence-corrected chi connectivity index (χ0v) is 12.0. The Morgan fingerprint density at radius 2 is 1.45 bits per heavy atom. The van der Waals surface area contributed by atoms with Gasteiger partial charge >= 0.3 is 5.63 Å². The molecule has 106 valence electrons. The van der Waals surface area contributed by atoms with Crippen LogP contribution in [-0.2, 0) is 0 Å². The smallest absolute Gasteiger partial charge is 0.339 e. The highest BCUT2D eigenvalue weighted by Gasteiger charge is 2.19. The van der Waals surface area contributed by atoms with Crippen LogP contribution in [0.2, 0.25) is 0 Å². The first-order chi connectivity index (χ1) is 10.7. The summed E-state index contributed by atoms with van der Waals surface area (Å²) in [6.45, 7) is 1.68. The average molecular weight is 287 g/mol. The van der Waals surface area contributed by atoms with Crippen LogP contribution in [0.15, 0.2) is 69.9 Å². The van der Waals surface area contributed by atoms with Crippen molar-refractivity contribution in [2.24, 2.45) is 0 Å². The molecular formula is C19H13NO2. The standard InChI is InChI=1S/C19H13NO2/c1-13-17(14-8-4-2-5-9-14)16(12-20)18(22-19(13)21)15-10-6-3-7-11-15/h2-11H,1H3. The minimum atomic E-state index is -0.420. The first-order valence-electron chi connectivity index (χ1n) is 6.91. The predicted molar refractivity (Wildman–Crippen MR) is 85.3 cm³/mol. The molecule has 0 fully saturated rings. The number of rotatable bonds is 2. The van der Waals surface area contributed by atoms with Crippen LogP contribution in [0.25, 0.3) is 22.5 Å². The molecule has 0 bridgehead atoms. The van der Waals surface area contributed by atoms with E-state index in [0.29, 0.717) is 28.0 Å². The molecule has 0 saturated heterocycles. The molecule has 0 aliphatic heterocycles. The van der Waals surface area contributed by atoms with E-state index >= 15 is 0 Å². The second-order valence-corrected chi connectivity index (χ2v) is 4.94. The summed E-state index contributed by atoms with van der Waals surface area (Å²) in [4.78, 5) is 12.2. The van der Waals surface area contributed by atoms with Crippen LogP contribution in [0.1, 0.15) is 11.1 Å². The third-order valence-corrected chi connectivity index (χ3v) is 3.56. The number of hydrogen-bond donors (Lipinski definition) is 0. The molecule has 3 aromatic rings. The Morgan fingerprint density at radius 3 is 2.00 bits per heavy atom. The summed E-state index contributed by atoms with van der Waals surface area (Å²) < 4.78 is 5.40. The molecular weight excluding hydrogens is 274 g/mol. The summed E-state index contributed by atoms with van der Waals surface area (Å²) in [7, 11) is 0. The Morgan fingerprint density at radius 1 is 0.909 bits per heavy atom. The van der Waals surface area contributed by atoms with Crippen molar-refractivity contribution in [2.75, 3.05) is 0 Å². The predicted octanol–water partition coefficient (Wildman–Crippen LogP) is 4.15. The summed E-state index contributed by atoms with van der Waals surface area (Å²) >= 11 is 0. The minimum Gasteiger partial charge on any atom is -0.421 e. The van der Waals surface area contributed by atoms with Crippen molar-refractivity contribution in [1.29, 1.82) is 5.26 Å². The van der Waals surface area contributed by atoms with Crippen LogP contribution in [-0.4, -0.2) is 0 Å². The van der Waals surface area contributed by atoms with Crippen LogP contribution < -0.4 is 5.63 Å². The molecule has 3 heteroatoms. The van der Waals surface area contributed by atoms with E-state index in [9.17, 15) is 10.1 Å². The summed E-state index contributed by atoms with van der Waals surface area (Å²) in [5.41, 5.74) is 2.60. The highest BCUT2D eigenvalue weighted by atomic mass is 16.4. The molecule has 1 aromatic heterocycles. The quantitative estimate of drug-likeness (QED) is 0.711. The third-order valence-electron chi connectivity index (χ3n) is 3.56. The van der Waals surface area contributed by atoms with Gasteiger partial charge in [-0.2, -0.15) is 5.26 Å². The molecule has 3 nitrogen and oxygen atoms in total. The van der Waals surface area contributed by atoms with Crippen molar-refractivity contribution >= 4 is 0 Å². The fourth-order valence-corrected chi connectivity index (χ4v) is 2.49. The lowest BCUT2D eigenvalue weighted by molar-refractivity contribution is 0.520. The van der Waals surface area contributed by atoms with Crippen LogP contribution in [0, 0.1) is 18.3 Å². The largest absolute Gasteiger partial charge is 0.421 e. The molecule has 3 rings (SSSR count). The van der Waals surface area contributed by atoms with Gasteiger partial charge in [-0.05, 0) is 12.5 Å². The lowest BCUT2D eigenvalue weighted by Crippen LogP contribution is -2.08. The Balaban J connectivity index is 2.38. The van der Waals surface area contributed by atoms with Crippen molar-refractivity contribution in [2.45, 2.75) is 6.92 Å². The van der Waals surface area contributed by atoms with E-state index in [2.05, 4.69) is 6.07 Å². The highest BCUT2D eigenvalue weighted by Crippen LogP contribution is 2.32. The second kappa shape index (κ2) is 5.71. The molecule has 0 aliphatic rings. The van der Waals surface area contributed by atoms with Crippen molar-refractivity contribution in [3.8, 4) is 28.5 Å². The van der Waals surface area contributed by atoms with Crippen LogP contribution in [0.5, 0.6) is 0 Å². The van der Waals surface area contributed by atoms with Gasteiger partial charge in [-0.15, -0.1) is 0 Å². The second-order valence-electron chi connectivity index (χ2n) is 4.94. The molecule has 0 radical (unpaired) electrons. The first kappa shape index (κ1) is 13.8. The third kappa shape index (κ3) is 2.32. The lowest BCUT2D eigenvalue weighted by atomic mass is 9.94. The summed E-state index contributed by atoms with van der Waals surface area (Å²) in [5.74, 6) is 0.317. The van der Waals surface area contributed by atoms with Gasteiger partial charge in [-0.25, -0.2) is 4.79 Å². The molecule has 22 heavy (non-hydrogen) atoms. The van der Waals surface area contributed by atoms with E-state index in [1.807, 2.05) is 60.7 Å². The average Bonchev–Trinajstić information content (AvgIpc) is 2.58. The Bertz CT molecular complexity index is 904. The van der Waals surface area contributed by atoms with E-state index in [0.717, 1.165) is 5.56 Å². The molecule has 0 N–H and O–H groups in total. The number of nitriles is 1. The van der Waals surface area contributed by atoms with Gasteiger partial charge in [0.05, 0.1) is 0 Å². The molecule has 0 amide bonds. The van der Waals surface area contributed by atoms with E-state index in [4.69, 9.17) is 4.42 Å². The highest BCUT2D eigenvalue weighted by molar-refractivity contribution is 5.80. The lowest BCUT2D eigenvalue weighted by Gasteiger charge is -2.11. The van der Waals surface area contributed by atoms with E-state index in [-0.39, 0.29) is 0 Å². The Labute approximate surface area is 128 Å². The maximum absolute atomic E-state index is 12.2. The summed E-state index contributed by atoms with van der Waals surface area (Å²) in [6.07, 6.45) is 0. The SMILES string of the molecule is Cc1c(-c2ccccc2)c(C#N)c(-c2ccccc2)oc1=O.